The van der Waals surface area contributed by atoms with E-state index < -0.39 is 0 Å². The summed E-state index contributed by atoms with van der Waals surface area (Å²) in [5.74, 6) is 1.00. The molecule has 1 aromatic rings. The third-order valence-electron chi connectivity index (χ3n) is 3.94. The third kappa shape index (κ3) is 3.68. The van der Waals surface area contributed by atoms with Crippen LogP contribution in [-0.4, -0.2) is 35.9 Å². The molecule has 4 heteroatoms. The molecular weight excluding hydrogens is 270 g/mol. The lowest BCUT2D eigenvalue weighted by Crippen LogP contribution is -2.39. The molecular formula is C16H25NO2S. The van der Waals surface area contributed by atoms with Crippen LogP contribution >= 0.6 is 11.8 Å². The molecule has 0 saturated heterocycles. The molecule has 20 heavy (non-hydrogen) atoms. The van der Waals surface area contributed by atoms with Gasteiger partial charge in [0.2, 0.25) is 0 Å². The van der Waals surface area contributed by atoms with Crippen LogP contribution in [0.5, 0.6) is 5.75 Å². The van der Waals surface area contributed by atoms with Gasteiger partial charge in [-0.1, -0.05) is 17.7 Å². The van der Waals surface area contributed by atoms with Crippen molar-refractivity contribution in [1.29, 1.82) is 0 Å². The summed E-state index contributed by atoms with van der Waals surface area (Å²) in [7, 11) is 0. The maximum Gasteiger partial charge on any atom is 0.124 e. The van der Waals surface area contributed by atoms with Gasteiger partial charge >= 0.3 is 0 Å². The summed E-state index contributed by atoms with van der Waals surface area (Å²) in [6.45, 7) is 5.26. The molecule has 3 nitrogen and oxygen atoms in total. The van der Waals surface area contributed by atoms with Crippen molar-refractivity contribution in [2.45, 2.75) is 44.0 Å². The van der Waals surface area contributed by atoms with Gasteiger partial charge in [0.15, 0.2) is 0 Å². The molecule has 0 amide bonds. The minimum atomic E-state index is 0.208. The zero-order valence-corrected chi connectivity index (χ0v) is 13.4. The Kier molecular flexibility index (Phi) is 5.75. The monoisotopic (exact) mass is 295 g/mol. The Morgan fingerprint density at radius 2 is 2.30 bits per heavy atom. The maximum atomic E-state index is 9.44. The number of thioether (sulfide) groups is 1. The van der Waals surface area contributed by atoms with Gasteiger partial charge in [0.1, 0.15) is 5.75 Å². The van der Waals surface area contributed by atoms with Gasteiger partial charge in [-0.15, -0.1) is 0 Å². The molecule has 1 aromatic carbocycles. The summed E-state index contributed by atoms with van der Waals surface area (Å²) < 4.78 is 5.83. The lowest BCUT2D eigenvalue weighted by molar-refractivity contribution is 0.268. The Labute approximate surface area is 126 Å². The predicted octanol–water partition coefficient (Wildman–Crippen LogP) is 2.91. The maximum absolute atomic E-state index is 9.44. The van der Waals surface area contributed by atoms with Gasteiger partial charge in [-0.2, -0.15) is 11.8 Å². The molecule has 1 heterocycles. The Hall–Kier alpha value is -0.710. The second-order valence-corrected chi connectivity index (χ2v) is 6.57. The zero-order chi connectivity index (χ0) is 14.5. The van der Waals surface area contributed by atoms with Crippen LogP contribution in [0.15, 0.2) is 18.2 Å². The molecule has 3 atom stereocenters. The van der Waals surface area contributed by atoms with Gasteiger partial charge in [-0.05, 0) is 39.0 Å². The number of hydrogen-bond donors (Lipinski definition) is 2. The SMILES string of the molecule is CSC(CO)C(C)NC1CCCOc2ccc(C)cc21. The third-order valence-corrected chi connectivity index (χ3v) is 5.10. The van der Waals surface area contributed by atoms with Crippen LogP contribution in [-0.2, 0) is 0 Å². The fraction of sp³-hybridized carbons (Fsp3) is 0.625. The number of fused-ring (bicyclic) bond motifs is 1. The van der Waals surface area contributed by atoms with Crippen LogP contribution in [0.2, 0.25) is 0 Å². The minimum Gasteiger partial charge on any atom is -0.493 e. The topological polar surface area (TPSA) is 41.5 Å². The lowest BCUT2D eigenvalue weighted by atomic mass is 9.99. The highest BCUT2D eigenvalue weighted by Gasteiger charge is 2.24. The molecule has 0 fully saturated rings. The fourth-order valence-electron chi connectivity index (χ4n) is 2.73. The van der Waals surface area contributed by atoms with Crippen molar-refractivity contribution in [3.8, 4) is 5.75 Å². The molecule has 0 aromatic heterocycles. The van der Waals surface area contributed by atoms with E-state index in [1.165, 1.54) is 11.1 Å². The summed E-state index contributed by atoms with van der Waals surface area (Å²) in [5, 5.41) is 13.3. The van der Waals surface area contributed by atoms with Crippen LogP contribution in [0.3, 0.4) is 0 Å². The number of nitrogens with one attached hydrogen (secondary N) is 1. The van der Waals surface area contributed by atoms with E-state index in [4.69, 9.17) is 4.74 Å². The van der Waals surface area contributed by atoms with E-state index in [9.17, 15) is 5.11 Å². The number of ether oxygens (including phenoxy) is 1. The first-order valence-electron chi connectivity index (χ1n) is 7.28. The molecule has 1 aliphatic rings. The van der Waals surface area contributed by atoms with Crippen LogP contribution in [0, 0.1) is 6.92 Å². The van der Waals surface area contributed by atoms with Crippen LogP contribution < -0.4 is 10.1 Å². The Morgan fingerprint density at radius 1 is 1.50 bits per heavy atom. The van der Waals surface area contributed by atoms with E-state index in [0.717, 1.165) is 25.2 Å². The standard InChI is InChI=1S/C16H25NO2S/c1-11-6-7-15-13(9-11)14(5-4-8-19-15)17-12(2)16(10-18)20-3/h6-7,9,12,14,16-18H,4-5,8,10H2,1-3H3. The highest BCUT2D eigenvalue weighted by Crippen LogP contribution is 2.33. The molecule has 3 unspecified atom stereocenters. The summed E-state index contributed by atoms with van der Waals surface area (Å²) >= 11 is 1.71. The van der Waals surface area contributed by atoms with Crippen LogP contribution in [0.4, 0.5) is 0 Å². The van der Waals surface area contributed by atoms with Gasteiger partial charge in [-0.3, -0.25) is 0 Å². The summed E-state index contributed by atoms with van der Waals surface area (Å²) in [6.07, 6.45) is 4.18. The second kappa shape index (κ2) is 7.34. The predicted molar refractivity (Wildman–Crippen MR) is 85.6 cm³/mol. The number of benzene rings is 1. The highest BCUT2D eigenvalue weighted by molar-refractivity contribution is 7.99. The van der Waals surface area contributed by atoms with Crippen molar-refractivity contribution >= 4 is 11.8 Å². The van der Waals surface area contributed by atoms with E-state index in [1.807, 2.05) is 6.26 Å². The quantitative estimate of drug-likeness (QED) is 0.876. The Balaban J connectivity index is 2.17. The van der Waals surface area contributed by atoms with E-state index >= 15 is 0 Å². The first-order chi connectivity index (χ1) is 9.65. The van der Waals surface area contributed by atoms with Crippen molar-refractivity contribution in [2.75, 3.05) is 19.5 Å². The van der Waals surface area contributed by atoms with Gasteiger partial charge in [0.25, 0.3) is 0 Å². The smallest absolute Gasteiger partial charge is 0.124 e. The molecule has 2 N–H and O–H groups in total. The summed E-state index contributed by atoms with van der Waals surface area (Å²) in [5.41, 5.74) is 2.52. The van der Waals surface area contributed by atoms with Gasteiger partial charge in [0.05, 0.1) is 13.2 Å². The number of aliphatic hydroxyl groups excluding tert-OH is 1. The van der Waals surface area contributed by atoms with Crippen molar-refractivity contribution in [1.82, 2.24) is 5.32 Å². The van der Waals surface area contributed by atoms with Gasteiger partial charge in [0, 0.05) is 22.9 Å². The average molecular weight is 295 g/mol. The largest absolute Gasteiger partial charge is 0.493 e. The number of aryl methyl sites for hydroxylation is 1. The fourth-order valence-corrected chi connectivity index (χ4v) is 3.37. The number of rotatable bonds is 5. The van der Waals surface area contributed by atoms with Crippen molar-refractivity contribution < 1.29 is 9.84 Å². The highest BCUT2D eigenvalue weighted by atomic mass is 32.2. The van der Waals surface area contributed by atoms with Gasteiger partial charge in [-0.25, -0.2) is 0 Å². The van der Waals surface area contributed by atoms with E-state index in [-0.39, 0.29) is 17.9 Å². The van der Waals surface area contributed by atoms with Crippen molar-refractivity contribution in [3.05, 3.63) is 29.3 Å². The molecule has 0 aliphatic carbocycles. The second-order valence-electron chi connectivity index (χ2n) is 5.50. The minimum absolute atomic E-state index is 0.208. The van der Waals surface area contributed by atoms with E-state index in [2.05, 4.69) is 37.4 Å². The van der Waals surface area contributed by atoms with Crippen LogP contribution in [0.25, 0.3) is 0 Å². The molecule has 0 radical (unpaired) electrons. The molecule has 0 saturated carbocycles. The first kappa shape index (κ1) is 15.7. The van der Waals surface area contributed by atoms with Gasteiger partial charge < -0.3 is 15.2 Å². The number of aliphatic hydroxyl groups is 1. The zero-order valence-electron chi connectivity index (χ0n) is 12.6. The molecule has 112 valence electrons. The first-order valence-corrected chi connectivity index (χ1v) is 8.57. The van der Waals surface area contributed by atoms with E-state index in [0.29, 0.717) is 6.04 Å². The normalized spacial score (nSPS) is 21.5. The number of hydrogen-bond acceptors (Lipinski definition) is 4. The van der Waals surface area contributed by atoms with Crippen molar-refractivity contribution in [2.24, 2.45) is 0 Å². The Bertz CT molecular complexity index is 434. The summed E-state index contributed by atoms with van der Waals surface area (Å²) in [4.78, 5) is 0. The van der Waals surface area contributed by atoms with E-state index in [1.54, 1.807) is 11.8 Å². The Morgan fingerprint density at radius 3 is 3.00 bits per heavy atom. The molecule has 1 aliphatic heterocycles. The van der Waals surface area contributed by atoms with Crippen LogP contribution in [0.1, 0.15) is 36.9 Å². The lowest BCUT2D eigenvalue weighted by Gasteiger charge is -2.27. The average Bonchev–Trinajstić information content (AvgIpc) is 2.63. The molecule has 2 rings (SSSR count). The molecule has 0 spiro atoms. The summed E-state index contributed by atoms with van der Waals surface area (Å²) in [6, 6.07) is 6.98. The molecule has 0 bridgehead atoms. The van der Waals surface area contributed by atoms with Crippen molar-refractivity contribution in [3.63, 3.8) is 0 Å².